The summed E-state index contributed by atoms with van der Waals surface area (Å²) in [5.41, 5.74) is 15.7. The quantitative estimate of drug-likeness (QED) is 0.206. The summed E-state index contributed by atoms with van der Waals surface area (Å²) >= 11 is 0. The molecule has 0 unspecified atom stereocenters. The fraction of sp³-hybridized carbons (Fsp3) is 0. The van der Waals surface area contributed by atoms with Crippen molar-refractivity contribution in [3.05, 3.63) is 164 Å². The predicted molar refractivity (Wildman–Crippen MR) is 209 cm³/mol. The molecule has 5 nitrogen and oxygen atoms in total. The maximum Gasteiger partial charge on any atom is 0.159 e. The van der Waals surface area contributed by atoms with E-state index in [-0.39, 0.29) is 0 Å². The van der Waals surface area contributed by atoms with Crippen LogP contribution in [-0.4, -0.2) is 19.5 Å². The summed E-state index contributed by atoms with van der Waals surface area (Å²) in [5.74, 6) is 0. The van der Waals surface area contributed by atoms with Gasteiger partial charge in [-0.25, -0.2) is 0 Å². The van der Waals surface area contributed by atoms with Crippen molar-refractivity contribution in [2.24, 2.45) is 0 Å². The van der Waals surface area contributed by atoms with Crippen LogP contribution in [0.5, 0.6) is 0 Å². The molecule has 5 aromatic heterocycles. The molecule has 5 heteroatoms. The van der Waals surface area contributed by atoms with E-state index in [1.54, 1.807) is 0 Å². The number of benzene rings is 6. The molecule has 0 spiro atoms. The third-order valence-electron chi connectivity index (χ3n) is 10.2. The topological polar surface area (TPSA) is 59.6 Å². The van der Waals surface area contributed by atoms with Gasteiger partial charge in [0.15, 0.2) is 5.58 Å². The lowest BCUT2D eigenvalue weighted by Crippen LogP contribution is -1.96. The number of nitrogens with zero attached hydrogens (tertiary/aromatic N) is 3. The zero-order chi connectivity index (χ0) is 33.5. The van der Waals surface area contributed by atoms with Gasteiger partial charge in [-0.05, 0) is 100 Å². The lowest BCUT2D eigenvalue weighted by atomic mass is 9.94. The van der Waals surface area contributed by atoms with Gasteiger partial charge in [-0.15, -0.1) is 0 Å². The largest absolute Gasteiger partial charge is 0.454 e. The first kappa shape index (κ1) is 27.9. The van der Waals surface area contributed by atoms with Crippen molar-refractivity contribution in [1.29, 1.82) is 0 Å². The van der Waals surface area contributed by atoms with Gasteiger partial charge in [-0.1, -0.05) is 84.9 Å². The number of rotatable bonds is 4. The highest BCUT2D eigenvalue weighted by Crippen LogP contribution is 2.42. The fourth-order valence-electron chi connectivity index (χ4n) is 7.90. The summed E-state index contributed by atoms with van der Waals surface area (Å²) in [7, 11) is 0. The molecule has 0 aliphatic rings. The molecule has 6 aromatic carbocycles. The summed E-state index contributed by atoms with van der Waals surface area (Å²) in [4.78, 5) is 13.2. The molecule has 0 amide bonds. The third-order valence-corrected chi connectivity index (χ3v) is 10.2. The Kier molecular flexibility index (Phi) is 5.89. The molecule has 51 heavy (non-hydrogen) atoms. The van der Waals surface area contributed by atoms with Crippen molar-refractivity contribution in [3.8, 4) is 39.1 Å². The van der Waals surface area contributed by atoms with Crippen LogP contribution in [0.1, 0.15) is 0 Å². The van der Waals surface area contributed by atoms with Crippen LogP contribution >= 0.6 is 0 Å². The number of aromatic amines is 1. The van der Waals surface area contributed by atoms with E-state index < -0.39 is 0 Å². The molecule has 0 saturated heterocycles. The second-order valence-electron chi connectivity index (χ2n) is 13.1. The Morgan fingerprint density at radius 2 is 1.18 bits per heavy atom. The summed E-state index contributed by atoms with van der Waals surface area (Å²) in [6.45, 7) is 0. The van der Waals surface area contributed by atoms with E-state index in [9.17, 15) is 0 Å². The van der Waals surface area contributed by atoms with E-state index >= 15 is 0 Å². The molecule has 0 aliphatic carbocycles. The first-order valence-corrected chi connectivity index (χ1v) is 17.1. The van der Waals surface area contributed by atoms with Gasteiger partial charge in [0.1, 0.15) is 5.58 Å². The van der Waals surface area contributed by atoms with Crippen molar-refractivity contribution in [2.75, 3.05) is 0 Å². The van der Waals surface area contributed by atoms with Crippen molar-refractivity contribution in [2.45, 2.75) is 0 Å². The van der Waals surface area contributed by atoms with Gasteiger partial charge in [-0.3, -0.25) is 9.97 Å². The summed E-state index contributed by atoms with van der Waals surface area (Å²) in [5, 5.41) is 4.35. The van der Waals surface area contributed by atoms with Crippen LogP contribution in [-0.2, 0) is 0 Å². The van der Waals surface area contributed by atoms with Gasteiger partial charge in [-0.2, -0.15) is 0 Å². The van der Waals surface area contributed by atoms with Gasteiger partial charge in [0.25, 0.3) is 0 Å². The van der Waals surface area contributed by atoms with Gasteiger partial charge < -0.3 is 14.0 Å². The molecular weight excluding hydrogens is 625 g/mol. The number of H-pyrrole nitrogens is 1. The molecule has 1 N–H and O–H groups in total. The fourth-order valence-corrected chi connectivity index (χ4v) is 7.90. The Morgan fingerprint density at radius 3 is 2.08 bits per heavy atom. The lowest BCUT2D eigenvalue weighted by Gasteiger charge is -2.13. The molecule has 5 heterocycles. The second kappa shape index (κ2) is 10.8. The van der Waals surface area contributed by atoms with Crippen molar-refractivity contribution >= 4 is 65.8 Å². The number of furan rings is 1. The molecule has 0 fully saturated rings. The summed E-state index contributed by atoms with van der Waals surface area (Å²) in [6.07, 6.45) is 3.74. The van der Waals surface area contributed by atoms with Gasteiger partial charge >= 0.3 is 0 Å². The molecule has 11 aromatic rings. The Balaban J connectivity index is 1.18. The van der Waals surface area contributed by atoms with E-state index in [0.29, 0.717) is 0 Å². The lowest BCUT2D eigenvalue weighted by molar-refractivity contribution is 0.666. The minimum Gasteiger partial charge on any atom is -0.454 e. The number of para-hydroxylation sites is 1. The standard InChI is InChI=1S/C46H28N4O/c1-2-10-28(11-3-1)32-12-4-5-13-33(32)30-19-21-40-37(25-30)45-41(16-9-23-48-45)50(40)42-27-31(26-35-34-14-6-7-17-43(34)51-46(35)42)29-18-20-38-36(24-29)44-39(49-38)15-8-22-47-44/h1-27,49H. The zero-order valence-electron chi connectivity index (χ0n) is 27.3. The molecule has 0 radical (unpaired) electrons. The average Bonchev–Trinajstić information content (AvgIpc) is 3.87. The molecule has 11 rings (SSSR count). The average molecular weight is 653 g/mol. The number of fused-ring (bicyclic) bond motifs is 9. The SMILES string of the molecule is c1ccc(-c2ccccc2-c2ccc3c(c2)c2ncccc2n3-c2cc(-c3ccc4[nH]c5cccnc5c4c3)cc3c2oc2ccccc23)cc1. The van der Waals surface area contributed by atoms with E-state index in [1.807, 2.05) is 36.7 Å². The van der Waals surface area contributed by atoms with E-state index in [2.05, 4.69) is 137 Å². The van der Waals surface area contributed by atoms with Crippen molar-refractivity contribution < 1.29 is 4.42 Å². The van der Waals surface area contributed by atoms with E-state index in [0.717, 1.165) is 88.2 Å². The number of nitrogens with one attached hydrogen (secondary N) is 1. The number of pyridine rings is 2. The third kappa shape index (κ3) is 4.22. The van der Waals surface area contributed by atoms with Crippen LogP contribution in [0.15, 0.2) is 168 Å². The van der Waals surface area contributed by atoms with Crippen LogP contribution in [0.4, 0.5) is 0 Å². The first-order valence-electron chi connectivity index (χ1n) is 17.1. The molecule has 238 valence electrons. The minimum atomic E-state index is 0.843. The van der Waals surface area contributed by atoms with Crippen LogP contribution in [0, 0.1) is 0 Å². The minimum absolute atomic E-state index is 0.843. The van der Waals surface area contributed by atoms with Gasteiger partial charge in [0.2, 0.25) is 0 Å². The number of aromatic nitrogens is 4. The highest BCUT2D eigenvalue weighted by molar-refractivity contribution is 6.14. The normalized spacial score (nSPS) is 11.9. The van der Waals surface area contributed by atoms with E-state index in [4.69, 9.17) is 14.4 Å². The van der Waals surface area contributed by atoms with Crippen LogP contribution in [0.25, 0.3) is 105 Å². The Bertz CT molecular complexity index is 3150. The van der Waals surface area contributed by atoms with E-state index in [1.165, 1.54) is 16.7 Å². The Hall–Kier alpha value is -6.98. The maximum atomic E-state index is 6.71. The molecular formula is C46H28N4O. The maximum absolute atomic E-state index is 6.71. The molecule has 0 aliphatic heterocycles. The van der Waals surface area contributed by atoms with Crippen LogP contribution in [0.2, 0.25) is 0 Å². The monoisotopic (exact) mass is 652 g/mol. The van der Waals surface area contributed by atoms with Crippen molar-refractivity contribution in [3.63, 3.8) is 0 Å². The van der Waals surface area contributed by atoms with Crippen LogP contribution < -0.4 is 0 Å². The summed E-state index contributed by atoms with van der Waals surface area (Å²) < 4.78 is 9.04. The van der Waals surface area contributed by atoms with Gasteiger partial charge in [0.05, 0.1) is 33.3 Å². The Morgan fingerprint density at radius 1 is 0.451 bits per heavy atom. The molecule has 0 atom stereocenters. The molecule has 0 saturated carbocycles. The zero-order valence-corrected chi connectivity index (χ0v) is 27.3. The number of hydrogen-bond acceptors (Lipinski definition) is 3. The highest BCUT2D eigenvalue weighted by Gasteiger charge is 2.21. The van der Waals surface area contributed by atoms with Gasteiger partial charge in [0, 0.05) is 39.5 Å². The smallest absolute Gasteiger partial charge is 0.159 e. The van der Waals surface area contributed by atoms with Crippen molar-refractivity contribution in [1.82, 2.24) is 19.5 Å². The predicted octanol–water partition coefficient (Wildman–Crippen LogP) is 12.1. The number of hydrogen-bond donors (Lipinski definition) is 1. The summed E-state index contributed by atoms with van der Waals surface area (Å²) in [6, 6.07) is 53.6. The highest BCUT2D eigenvalue weighted by atomic mass is 16.3. The van der Waals surface area contributed by atoms with Crippen LogP contribution in [0.3, 0.4) is 0 Å². The second-order valence-corrected chi connectivity index (χ2v) is 13.1. The first-order chi connectivity index (χ1) is 25.3. The molecule has 0 bridgehead atoms. The Labute approximate surface area is 292 Å².